The van der Waals surface area contributed by atoms with Gasteiger partial charge in [-0.15, -0.1) is 0 Å². The van der Waals surface area contributed by atoms with Gasteiger partial charge in [-0.25, -0.2) is 0 Å². The molecule has 0 N–H and O–H groups in total. The Balaban J connectivity index is 1.99. The van der Waals surface area contributed by atoms with E-state index in [1.54, 1.807) is 18.1 Å². The molecule has 1 unspecified atom stereocenters. The number of carbonyl (C=O) groups excluding carboxylic acids is 1. The molecule has 5 nitrogen and oxygen atoms in total. The molecule has 3 rings (SSSR count). The van der Waals surface area contributed by atoms with Gasteiger partial charge in [0.1, 0.15) is 0 Å². The van der Waals surface area contributed by atoms with Gasteiger partial charge in [-0.2, -0.15) is 4.73 Å². The highest BCUT2D eigenvalue weighted by Crippen LogP contribution is 2.27. The van der Waals surface area contributed by atoms with Crippen LogP contribution in [0, 0.1) is 5.21 Å². The molecule has 5 heteroatoms. The number of hydrogen-bond donors (Lipinski definition) is 0. The van der Waals surface area contributed by atoms with Crippen molar-refractivity contribution in [2.75, 3.05) is 7.05 Å². The Hall–Kier alpha value is -3.21. The maximum atomic E-state index is 12.8. The van der Waals surface area contributed by atoms with Gasteiger partial charge in [0, 0.05) is 25.4 Å². The van der Waals surface area contributed by atoms with Crippen LogP contribution in [0.4, 0.5) is 0 Å². The maximum Gasteiger partial charge on any atom is 0.254 e. The summed E-state index contributed by atoms with van der Waals surface area (Å²) in [5.41, 5.74) is 2.22. The third-order valence-electron chi connectivity index (χ3n) is 3.84. The Bertz CT molecular complexity index is 766. The molecular weight excluding hydrogens is 302 g/mol. The summed E-state index contributed by atoms with van der Waals surface area (Å²) in [6.07, 6.45) is 4.35. The molecule has 0 aliphatic carbocycles. The summed E-state index contributed by atoms with van der Waals surface area (Å²) in [6.45, 7) is 0. The maximum absolute atomic E-state index is 12.8. The Morgan fingerprint density at radius 2 is 1.71 bits per heavy atom. The molecule has 0 saturated carbocycles. The van der Waals surface area contributed by atoms with Crippen LogP contribution in [0.3, 0.4) is 0 Å². The second kappa shape index (κ2) is 6.91. The van der Waals surface area contributed by atoms with E-state index >= 15 is 0 Å². The van der Waals surface area contributed by atoms with E-state index in [1.165, 1.54) is 24.5 Å². The molecular formula is C19H17N3O2. The van der Waals surface area contributed by atoms with E-state index < -0.39 is 0 Å². The van der Waals surface area contributed by atoms with Gasteiger partial charge >= 0.3 is 0 Å². The topological polar surface area (TPSA) is 60.1 Å². The Kier molecular flexibility index (Phi) is 4.52. The van der Waals surface area contributed by atoms with Gasteiger partial charge in [-0.1, -0.05) is 36.4 Å². The Morgan fingerprint density at radius 3 is 2.33 bits per heavy atom. The molecule has 1 atom stereocenters. The van der Waals surface area contributed by atoms with Crippen LogP contribution in [-0.2, 0) is 0 Å². The summed E-state index contributed by atoms with van der Waals surface area (Å²) >= 11 is 0. The van der Waals surface area contributed by atoms with Crippen LogP contribution in [0.15, 0.2) is 79.3 Å². The average molecular weight is 319 g/mol. The van der Waals surface area contributed by atoms with Gasteiger partial charge in [0.15, 0.2) is 12.4 Å². The number of benzene rings is 1. The predicted molar refractivity (Wildman–Crippen MR) is 90.0 cm³/mol. The van der Waals surface area contributed by atoms with Crippen molar-refractivity contribution in [3.63, 3.8) is 0 Å². The molecule has 0 aliphatic rings. The number of amides is 1. The lowest BCUT2D eigenvalue weighted by molar-refractivity contribution is -0.605. The van der Waals surface area contributed by atoms with Crippen molar-refractivity contribution >= 4 is 5.91 Å². The normalized spacial score (nSPS) is 11.7. The largest absolute Gasteiger partial charge is 0.619 e. The lowest BCUT2D eigenvalue weighted by atomic mass is 10.0. The first-order valence-corrected chi connectivity index (χ1v) is 7.58. The second-order valence-corrected chi connectivity index (χ2v) is 5.43. The van der Waals surface area contributed by atoms with Crippen molar-refractivity contribution in [1.82, 2.24) is 9.88 Å². The van der Waals surface area contributed by atoms with Gasteiger partial charge in [0.25, 0.3) is 5.91 Å². The van der Waals surface area contributed by atoms with Crippen LogP contribution >= 0.6 is 0 Å². The predicted octanol–water partition coefficient (Wildman–Crippen LogP) is 2.58. The highest BCUT2D eigenvalue weighted by atomic mass is 16.5. The van der Waals surface area contributed by atoms with Gasteiger partial charge in [-0.05, 0) is 17.7 Å². The van der Waals surface area contributed by atoms with E-state index in [2.05, 4.69) is 4.98 Å². The highest BCUT2D eigenvalue weighted by molar-refractivity contribution is 5.94. The van der Waals surface area contributed by atoms with Crippen molar-refractivity contribution in [2.45, 2.75) is 6.04 Å². The summed E-state index contributed by atoms with van der Waals surface area (Å²) in [6, 6.07) is 18.1. The van der Waals surface area contributed by atoms with E-state index in [-0.39, 0.29) is 11.9 Å². The standard InChI is InChI=1S/C19H17N3O2/c1-21(19(23)16-10-13-22(24)14-11-16)18(15-7-3-2-4-8-15)17-9-5-6-12-20-17/h2-14,18H,1H3. The summed E-state index contributed by atoms with van der Waals surface area (Å²) in [4.78, 5) is 18.9. The SMILES string of the molecule is CN(C(=O)c1cc[n+]([O-])cc1)C(c1ccccc1)c1ccccn1. The number of aromatic nitrogens is 2. The van der Waals surface area contributed by atoms with Crippen molar-refractivity contribution in [3.05, 3.63) is 101 Å². The summed E-state index contributed by atoms with van der Waals surface area (Å²) < 4.78 is 0.657. The summed E-state index contributed by atoms with van der Waals surface area (Å²) in [7, 11) is 1.74. The zero-order chi connectivity index (χ0) is 16.9. The molecule has 24 heavy (non-hydrogen) atoms. The third kappa shape index (κ3) is 3.25. The lowest BCUT2D eigenvalue weighted by Crippen LogP contribution is -2.33. The van der Waals surface area contributed by atoms with Crippen molar-refractivity contribution < 1.29 is 9.52 Å². The third-order valence-corrected chi connectivity index (χ3v) is 3.84. The van der Waals surface area contributed by atoms with Crippen LogP contribution in [0.5, 0.6) is 0 Å². The molecule has 0 aliphatic heterocycles. The van der Waals surface area contributed by atoms with Gasteiger partial charge in [0.2, 0.25) is 0 Å². The van der Waals surface area contributed by atoms with Crippen LogP contribution in [0.1, 0.15) is 27.7 Å². The average Bonchev–Trinajstić information content (AvgIpc) is 2.64. The van der Waals surface area contributed by atoms with Crippen LogP contribution < -0.4 is 4.73 Å². The highest BCUT2D eigenvalue weighted by Gasteiger charge is 2.25. The van der Waals surface area contributed by atoms with Crippen molar-refractivity contribution in [1.29, 1.82) is 0 Å². The van der Waals surface area contributed by atoms with Crippen LogP contribution in [0.2, 0.25) is 0 Å². The second-order valence-electron chi connectivity index (χ2n) is 5.43. The molecule has 0 spiro atoms. The van der Waals surface area contributed by atoms with E-state index in [4.69, 9.17) is 0 Å². The molecule has 1 aromatic carbocycles. The van der Waals surface area contributed by atoms with Crippen LogP contribution in [-0.4, -0.2) is 22.8 Å². The van der Waals surface area contributed by atoms with E-state index in [1.807, 2.05) is 48.5 Å². The van der Waals surface area contributed by atoms with Crippen molar-refractivity contribution in [3.8, 4) is 0 Å². The summed E-state index contributed by atoms with van der Waals surface area (Å²) in [5.74, 6) is -0.171. The van der Waals surface area contributed by atoms with Crippen LogP contribution in [0.25, 0.3) is 0 Å². The molecule has 2 aromatic heterocycles. The molecule has 120 valence electrons. The van der Waals surface area contributed by atoms with Gasteiger partial charge < -0.3 is 10.1 Å². The zero-order valence-corrected chi connectivity index (χ0v) is 13.2. The van der Waals surface area contributed by atoms with Crippen molar-refractivity contribution in [2.24, 2.45) is 0 Å². The molecule has 0 radical (unpaired) electrons. The molecule has 3 aromatic rings. The first-order valence-electron chi connectivity index (χ1n) is 7.58. The fraction of sp³-hybridized carbons (Fsp3) is 0.105. The molecule has 0 saturated heterocycles. The monoisotopic (exact) mass is 319 g/mol. The van der Waals surface area contributed by atoms with Gasteiger partial charge in [0.05, 0.1) is 17.3 Å². The zero-order valence-electron chi connectivity index (χ0n) is 13.2. The Morgan fingerprint density at radius 1 is 1.04 bits per heavy atom. The minimum absolute atomic E-state index is 0.171. The number of pyridine rings is 2. The minimum atomic E-state index is -0.306. The fourth-order valence-corrected chi connectivity index (χ4v) is 2.64. The van der Waals surface area contributed by atoms with Gasteiger partial charge in [-0.3, -0.25) is 9.78 Å². The minimum Gasteiger partial charge on any atom is -0.619 e. The first kappa shape index (κ1) is 15.7. The first-order chi connectivity index (χ1) is 11.7. The number of carbonyl (C=O) groups is 1. The number of hydrogen-bond acceptors (Lipinski definition) is 3. The smallest absolute Gasteiger partial charge is 0.254 e. The van der Waals surface area contributed by atoms with E-state index in [0.29, 0.717) is 10.3 Å². The Labute approximate surface area is 140 Å². The molecule has 0 fully saturated rings. The molecule has 2 heterocycles. The van der Waals surface area contributed by atoms with E-state index in [9.17, 15) is 10.0 Å². The number of rotatable bonds is 4. The quantitative estimate of drug-likeness (QED) is 0.548. The van der Waals surface area contributed by atoms with E-state index in [0.717, 1.165) is 11.3 Å². The lowest BCUT2D eigenvalue weighted by Gasteiger charge is -2.28. The molecule has 1 amide bonds. The molecule has 0 bridgehead atoms. The summed E-state index contributed by atoms with van der Waals surface area (Å²) in [5, 5.41) is 11.2. The fourth-order valence-electron chi connectivity index (χ4n) is 2.64. The number of nitrogens with zero attached hydrogens (tertiary/aromatic N) is 3.